The molecule has 0 bridgehead atoms. The SMILES string of the molecule is O=C(CSc1nncn1C1CC1)Nc1ccc(Br)cc1. The van der Waals surface area contributed by atoms with Crippen LogP contribution in [0.5, 0.6) is 0 Å². The first kappa shape index (κ1) is 13.6. The van der Waals surface area contributed by atoms with Crippen molar-refractivity contribution in [2.45, 2.75) is 24.0 Å². The maximum Gasteiger partial charge on any atom is 0.234 e. The quantitative estimate of drug-likeness (QED) is 0.840. The third-order valence-electron chi connectivity index (χ3n) is 2.94. The van der Waals surface area contributed by atoms with Crippen molar-refractivity contribution in [2.75, 3.05) is 11.1 Å². The Bertz CT molecular complexity index is 609. The highest BCUT2D eigenvalue weighted by molar-refractivity contribution is 9.10. The minimum atomic E-state index is -0.0392. The predicted molar refractivity (Wildman–Crippen MR) is 81.8 cm³/mol. The van der Waals surface area contributed by atoms with Gasteiger partial charge in [-0.2, -0.15) is 0 Å². The van der Waals surface area contributed by atoms with Crippen molar-refractivity contribution >= 4 is 39.3 Å². The zero-order chi connectivity index (χ0) is 13.9. The molecule has 1 aliphatic rings. The van der Waals surface area contributed by atoms with E-state index < -0.39 is 0 Å². The number of aromatic nitrogens is 3. The molecule has 0 radical (unpaired) electrons. The molecule has 2 aromatic rings. The number of halogens is 1. The first-order valence-corrected chi connectivity index (χ1v) is 8.08. The molecule has 0 unspecified atom stereocenters. The van der Waals surface area contributed by atoms with E-state index in [0.29, 0.717) is 11.8 Å². The number of amides is 1. The van der Waals surface area contributed by atoms with Crippen LogP contribution in [0, 0.1) is 0 Å². The molecule has 1 heterocycles. The van der Waals surface area contributed by atoms with Gasteiger partial charge in [0, 0.05) is 16.2 Å². The van der Waals surface area contributed by atoms with Crippen LogP contribution in [0.25, 0.3) is 0 Å². The largest absolute Gasteiger partial charge is 0.325 e. The fraction of sp³-hybridized carbons (Fsp3) is 0.308. The highest BCUT2D eigenvalue weighted by atomic mass is 79.9. The molecule has 5 nitrogen and oxygen atoms in total. The molecule has 0 atom stereocenters. The zero-order valence-electron chi connectivity index (χ0n) is 10.6. The fourth-order valence-corrected chi connectivity index (χ4v) is 2.85. The molecule has 0 saturated heterocycles. The minimum absolute atomic E-state index is 0.0392. The predicted octanol–water partition coefficient (Wildman–Crippen LogP) is 3.11. The molecular formula is C13H13BrN4OS. The van der Waals surface area contributed by atoms with Gasteiger partial charge in [0.2, 0.25) is 5.91 Å². The van der Waals surface area contributed by atoms with Gasteiger partial charge in [0.1, 0.15) is 6.33 Å². The zero-order valence-corrected chi connectivity index (χ0v) is 13.0. The second kappa shape index (κ2) is 5.97. The van der Waals surface area contributed by atoms with E-state index in [0.717, 1.165) is 15.3 Å². The Labute approximate surface area is 129 Å². The summed E-state index contributed by atoms with van der Waals surface area (Å²) in [5.74, 6) is 0.296. The average Bonchev–Trinajstić information content (AvgIpc) is 3.18. The number of hydrogen-bond donors (Lipinski definition) is 1. The van der Waals surface area contributed by atoms with Gasteiger partial charge >= 0.3 is 0 Å². The van der Waals surface area contributed by atoms with Crippen LogP contribution in [0.3, 0.4) is 0 Å². The molecule has 7 heteroatoms. The van der Waals surface area contributed by atoms with Gasteiger partial charge in [-0.05, 0) is 37.1 Å². The van der Waals surface area contributed by atoms with Gasteiger partial charge in [0.05, 0.1) is 5.75 Å². The molecule has 3 rings (SSSR count). The van der Waals surface area contributed by atoms with Crippen molar-refractivity contribution in [2.24, 2.45) is 0 Å². The Kier molecular flexibility index (Phi) is 4.07. The maximum atomic E-state index is 11.9. The first-order chi connectivity index (χ1) is 9.72. The standard InChI is InChI=1S/C13H13BrN4OS/c14-9-1-3-10(4-2-9)16-12(19)7-20-13-17-15-8-18(13)11-5-6-11/h1-4,8,11H,5-7H2,(H,16,19). The van der Waals surface area contributed by atoms with Crippen molar-refractivity contribution in [3.05, 3.63) is 35.1 Å². The molecule has 1 saturated carbocycles. The summed E-state index contributed by atoms with van der Waals surface area (Å²) >= 11 is 4.78. The van der Waals surface area contributed by atoms with Gasteiger partial charge < -0.3 is 9.88 Å². The highest BCUT2D eigenvalue weighted by Crippen LogP contribution is 2.37. The number of hydrogen-bond acceptors (Lipinski definition) is 4. The highest BCUT2D eigenvalue weighted by Gasteiger charge is 2.26. The van der Waals surface area contributed by atoms with Gasteiger partial charge in [-0.15, -0.1) is 10.2 Å². The number of carbonyl (C=O) groups is 1. The fourth-order valence-electron chi connectivity index (χ4n) is 1.80. The monoisotopic (exact) mass is 352 g/mol. The summed E-state index contributed by atoms with van der Waals surface area (Å²) in [5, 5.41) is 11.6. The van der Waals surface area contributed by atoms with Gasteiger partial charge in [-0.3, -0.25) is 4.79 Å². The number of nitrogens with zero attached hydrogens (tertiary/aromatic N) is 3. The molecule has 1 amide bonds. The second-order valence-electron chi connectivity index (χ2n) is 4.60. The molecular weight excluding hydrogens is 340 g/mol. The average molecular weight is 353 g/mol. The summed E-state index contributed by atoms with van der Waals surface area (Å²) in [4.78, 5) is 11.9. The minimum Gasteiger partial charge on any atom is -0.325 e. The van der Waals surface area contributed by atoms with Crippen molar-refractivity contribution in [1.29, 1.82) is 0 Å². The van der Waals surface area contributed by atoms with E-state index >= 15 is 0 Å². The molecule has 20 heavy (non-hydrogen) atoms. The summed E-state index contributed by atoms with van der Waals surface area (Å²) in [5.41, 5.74) is 0.794. The Morgan fingerprint density at radius 2 is 2.15 bits per heavy atom. The van der Waals surface area contributed by atoms with E-state index in [2.05, 4.69) is 36.0 Å². The van der Waals surface area contributed by atoms with Crippen molar-refractivity contribution in [3.8, 4) is 0 Å². The number of rotatable bonds is 5. The molecule has 1 N–H and O–H groups in total. The maximum absolute atomic E-state index is 11.9. The van der Waals surface area contributed by atoms with E-state index in [4.69, 9.17) is 0 Å². The summed E-state index contributed by atoms with van der Waals surface area (Å²) in [6.45, 7) is 0. The third kappa shape index (κ3) is 3.40. The van der Waals surface area contributed by atoms with Crippen LogP contribution in [0.2, 0.25) is 0 Å². The lowest BCUT2D eigenvalue weighted by atomic mass is 10.3. The van der Waals surface area contributed by atoms with Crippen LogP contribution in [0.4, 0.5) is 5.69 Å². The Hall–Kier alpha value is -1.34. The molecule has 1 aliphatic carbocycles. The lowest BCUT2D eigenvalue weighted by Gasteiger charge is -2.06. The number of benzene rings is 1. The molecule has 0 aliphatic heterocycles. The number of anilines is 1. The van der Waals surface area contributed by atoms with Gasteiger partial charge in [-0.25, -0.2) is 0 Å². The number of nitrogens with one attached hydrogen (secondary N) is 1. The number of thioether (sulfide) groups is 1. The van der Waals surface area contributed by atoms with Crippen molar-refractivity contribution in [1.82, 2.24) is 14.8 Å². The second-order valence-corrected chi connectivity index (χ2v) is 6.45. The van der Waals surface area contributed by atoms with Crippen molar-refractivity contribution in [3.63, 3.8) is 0 Å². The van der Waals surface area contributed by atoms with E-state index in [9.17, 15) is 4.79 Å². The first-order valence-electron chi connectivity index (χ1n) is 6.30. The van der Waals surface area contributed by atoms with E-state index in [-0.39, 0.29) is 5.91 Å². The van der Waals surface area contributed by atoms with Gasteiger partial charge in [0.25, 0.3) is 0 Å². The molecule has 0 spiro atoms. The van der Waals surface area contributed by atoms with Gasteiger partial charge in [-0.1, -0.05) is 27.7 Å². The van der Waals surface area contributed by atoms with Gasteiger partial charge in [0.15, 0.2) is 5.16 Å². The lowest BCUT2D eigenvalue weighted by Crippen LogP contribution is -2.14. The molecule has 1 fully saturated rings. The summed E-state index contributed by atoms with van der Waals surface area (Å²) < 4.78 is 3.04. The summed E-state index contributed by atoms with van der Waals surface area (Å²) in [7, 11) is 0. The Morgan fingerprint density at radius 1 is 1.40 bits per heavy atom. The van der Waals surface area contributed by atoms with E-state index in [1.807, 2.05) is 24.3 Å². The van der Waals surface area contributed by atoms with Crippen LogP contribution in [-0.2, 0) is 4.79 Å². The molecule has 104 valence electrons. The summed E-state index contributed by atoms with van der Waals surface area (Å²) in [6.07, 6.45) is 4.10. The Morgan fingerprint density at radius 3 is 2.85 bits per heavy atom. The Balaban J connectivity index is 1.54. The van der Waals surface area contributed by atoms with Crippen molar-refractivity contribution < 1.29 is 4.79 Å². The third-order valence-corrected chi connectivity index (χ3v) is 4.43. The molecule has 1 aromatic carbocycles. The smallest absolute Gasteiger partial charge is 0.234 e. The van der Waals surface area contributed by atoms with Crippen LogP contribution >= 0.6 is 27.7 Å². The topological polar surface area (TPSA) is 59.8 Å². The normalized spacial score (nSPS) is 14.2. The lowest BCUT2D eigenvalue weighted by molar-refractivity contribution is -0.113. The summed E-state index contributed by atoms with van der Waals surface area (Å²) in [6, 6.07) is 8.04. The van der Waals surface area contributed by atoms with E-state index in [1.54, 1.807) is 6.33 Å². The van der Waals surface area contributed by atoms with Crippen LogP contribution in [-0.4, -0.2) is 26.4 Å². The van der Waals surface area contributed by atoms with E-state index in [1.165, 1.54) is 24.6 Å². The molecule has 1 aromatic heterocycles. The van der Waals surface area contributed by atoms with Crippen LogP contribution < -0.4 is 5.32 Å². The van der Waals surface area contributed by atoms with Crippen LogP contribution in [0.1, 0.15) is 18.9 Å². The number of carbonyl (C=O) groups excluding carboxylic acids is 1. The van der Waals surface area contributed by atoms with Crippen LogP contribution in [0.15, 0.2) is 40.2 Å².